The van der Waals surface area contributed by atoms with Crippen LogP contribution in [0.5, 0.6) is 0 Å². The Morgan fingerprint density at radius 3 is 3.12 bits per heavy atom. The first-order valence-corrected chi connectivity index (χ1v) is 9.22. The Morgan fingerprint density at radius 2 is 2.28 bits per heavy atom. The van der Waals surface area contributed by atoms with Crippen molar-refractivity contribution in [2.75, 3.05) is 18.4 Å². The minimum atomic E-state index is 0.231. The number of aryl methyl sites for hydroxylation is 1. The van der Waals surface area contributed by atoms with Gasteiger partial charge >= 0.3 is 0 Å². The van der Waals surface area contributed by atoms with Gasteiger partial charge in [0.2, 0.25) is 5.91 Å². The highest BCUT2D eigenvalue weighted by Crippen LogP contribution is 2.24. The lowest BCUT2D eigenvalue weighted by atomic mass is 9.98. The SMILES string of the molecule is [B]CCCCCC(=O)N1CCCC(Nc2ncnc3[nH]cc(C)c23)C1. The van der Waals surface area contributed by atoms with Gasteiger partial charge < -0.3 is 15.2 Å². The standard InChI is InChI=1S/C18H26BN5O/c1-13-10-20-17-16(13)18(22-12-21-17)23-14-6-5-9-24(11-14)15(25)7-3-2-4-8-19/h10,12,14H,2-9,11H2,1H3,(H2,20,21,22,23). The van der Waals surface area contributed by atoms with E-state index in [0.717, 1.165) is 67.6 Å². The molecular formula is C18H26BN5O. The molecule has 1 aliphatic rings. The number of carbonyl (C=O) groups excluding carboxylic acids is 1. The number of aromatic nitrogens is 3. The second-order valence-corrected chi connectivity index (χ2v) is 6.84. The maximum Gasteiger partial charge on any atom is 0.222 e. The van der Waals surface area contributed by atoms with Gasteiger partial charge in [-0.05, 0) is 31.7 Å². The molecule has 2 aromatic rings. The number of fused-ring (bicyclic) bond motifs is 1. The van der Waals surface area contributed by atoms with Crippen LogP contribution in [0, 0.1) is 6.92 Å². The van der Waals surface area contributed by atoms with Crippen molar-refractivity contribution in [2.45, 2.75) is 57.8 Å². The summed E-state index contributed by atoms with van der Waals surface area (Å²) in [5.74, 6) is 1.11. The maximum atomic E-state index is 12.4. The van der Waals surface area contributed by atoms with E-state index in [1.807, 2.05) is 18.0 Å². The Labute approximate surface area is 150 Å². The number of nitrogens with one attached hydrogen (secondary N) is 2. The predicted octanol–water partition coefficient (Wildman–Crippen LogP) is 2.82. The first kappa shape index (κ1) is 17.8. The van der Waals surface area contributed by atoms with Gasteiger partial charge in [-0.15, -0.1) is 0 Å². The molecule has 0 aromatic carbocycles. The minimum Gasteiger partial charge on any atom is -0.365 e. The summed E-state index contributed by atoms with van der Waals surface area (Å²) in [6.45, 7) is 3.65. The molecule has 132 valence electrons. The van der Waals surface area contributed by atoms with Gasteiger partial charge in [0, 0.05) is 31.7 Å². The number of hydrogen-bond acceptors (Lipinski definition) is 4. The van der Waals surface area contributed by atoms with Gasteiger partial charge in [0.15, 0.2) is 0 Å². The third kappa shape index (κ3) is 4.33. The van der Waals surface area contributed by atoms with E-state index in [4.69, 9.17) is 7.85 Å². The Balaban J connectivity index is 1.59. The molecule has 1 unspecified atom stereocenters. The summed E-state index contributed by atoms with van der Waals surface area (Å²) in [5.41, 5.74) is 1.97. The van der Waals surface area contributed by atoms with Crippen LogP contribution in [0.3, 0.4) is 0 Å². The van der Waals surface area contributed by atoms with Gasteiger partial charge in [0.05, 0.1) is 13.2 Å². The summed E-state index contributed by atoms with van der Waals surface area (Å²) in [6, 6.07) is 0.231. The number of piperidine rings is 1. The van der Waals surface area contributed by atoms with Crippen LogP contribution < -0.4 is 5.32 Å². The number of hydrogen-bond donors (Lipinski definition) is 2. The van der Waals surface area contributed by atoms with Gasteiger partial charge in [0.25, 0.3) is 0 Å². The number of carbonyl (C=O) groups is 1. The molecule has 7 heteroatoms. The number of likely N-dealkylation sites (tertiary alicyclic amines) is 1. The first-order valence-electron chi connectivity index (χ1n) is 9.22. The summed E-state index contributed by atoms with van der Waals surface area (Å²) >= 11 is 0. The monoisotopic (exact) mass is 339 g/mol. The molecule has 2 aromatic heterocycles. The van der Waals surface area contributed by atoms with Gasteiger partial charge in [-0.2, -0.15) is 0 Å². The average molecular weight is 339 g/mol. The molecule has 6 nitrogen and oxygen atoms in total. The van der Waals surface area contributed by atoms with Crippen LogP contribution in [0.1, 0.15) is 44.1 Å². The molecule has 1 saturated heterocycles. The molecular weight excluding hydrogens is 313 g/mol. The van der Waals surface area contributed by atoms with Crippen LogP contribution in [-0.4, -0.2) is 52.7 Å². The number of unbranched alkanes of at least 4 members (excludes halogenated alkanes) is 2. The average Bonchev–Trinajstić information content (AvgIpc) is 3.01. The van der Waals surface area contributed by atoms with Crippen LogP contribution in [0.15, 0.2) is 12.5 Å². The highest BCUT2D eigenvalue weighted by atomic mass is 16.2. The van der Waals surface area contributed by atoms with Gasteiger partial charge in [0.1, 0.15) is 17.8 Å². The van der Waals surface area contributed by atoms with E-state index in [1.54, 1.807) is 6.33 Å². The molecule has 0 spiro atoms. The molecule has 1 amide bonds. The molecule has 0 bridgehead atoms. The van der Waals surface area contributed by atoms with Crippen LogP contribution >= 0.6 is 0 Å². The molecule has 0 aliphatic carbocycles. The van der Waals surface area contributed by atoms with Crippen molar-refractivity contribution in [1.82, 2.24) is 19.9 Å². The fourth-order valence-corrected chi connectivity index (χ4v) is 3.50. The van der Waals surface area contributed by atoms with E-state index in [-0.39, 0.29) is 11.9 Å². The smallest absolute Gasteiger partial charge is 0.222 e. The normalized spacial score (nSPS) is 17.8. The topological polar surface area (TPSA) is 73.9 Å². The fraction of sp³-hybridized carbons (Fsp3) is 0.611. The van der Waals surface area contributed by atoms with E-state index >= 15 is 0 Å². The fourth-order valence-electron chi connectivity index (χ4n) is 3.50. The summed E-state index contributed by atoms with van der Waals surface area (Å²) in [6.07, 6.45) is 9.88. The molecule has 0 saturated carbocycles. The molecule has 2 N–H and O–H groups in total. The predicted molar refractivity (Wildman–Crippen MR) is 101 cm³/mol. The zero-order chi connectivity index (χ0) is 17.6. The third-order valence-electron chi connectivity index (χ3n) is 4.88. The van der Waals surface area contributed by atoms with Crippen LogP contribution in [0.25, 0.3) is 11.0 Å². The lowest BCUT2D eigenvalue weighted by molar-refractivity contribution is -0.132. The Kier molecular flexibility index (Phi) is 5.94. The van der Waals surface area contributed by atoms with Crippen molar-refractivity contribution < 1.29 is 4.79 Å². The summed E-state index contributed by atoms with van der Waals surface area (Å²) in [5, 5.41) is 4.57. The van der Waals surface area contributed by atoms with Crippen molar-refractivity contribution in [3.63, 3.8) is 0 Å². The lowest BCUT2D eigenvalue weighted by Crippen LogP contribution is -2.45. The summed E-state index contributed by atoms with van der Waals surface area (Å²) in [4.78, 5) is 26.3. The number of anilines is 1. The number of amides is 1. The Bertz CT molecular complexity index is 717. The second kappa shape index (κ2) is 8.36. The van der Waals surface area contributed by atoms with Crippen molar-refractivity contribution in [3.05, 3.63) is 18.1 Å². The van der Waals surface area contributed by atoms with E-state index in [2.05, 4.69) is 20.3 Å². The minimum absolute atomic E-state index is 0.231. The van der Waals surface area contributed by atoms with Crippen LogP contribution in [0.4, 0.5) is 5.82 Å². The van der Waals surface area contributed by atoms with E-state index in [1.165, 1.54) is 0 Å². The van der Waals surface area contributed by atoms with Crippen LogP contribution in [-0.2, 0) is 4.79 Å². The van der Waals surface area contributed by atoms with Crippen molar-refractivity contribution in [1.29, 1.82) is 0 Å². The highest BCUT2D eigenvalue weighted by Gasteiger charge is 2.24. The second-order valence-electron chi connectivity index (χ2n) is 6.84. The van der Waals surface area contributed by atoms with Gasteiger partial charge in [-0.3, -0.25) is 4.79 Å². The number of nitrogens with zero attached hydrogens (tertiary/aromatic N) is 3. The van der Waals surface area contributed by atoms with Crippen molar-refractivity contribution >= 4 is 30.6 Å². The Morgan fingerprint density at radius 1 is 1.40 bits per heavy atom. The van der Waals surface area contributed by atoms with Gasteiger partial charge in [-0.1, -0.05) is 19.2 Å². The largest absolute Gasteiger partial charge is 0.365 e. The molecule has 1 aliphatic heterocycles. The summed E-state index contributed by atoms with van der Waals surface area (Å²) < 4.78 is 0. The van der Waals surface area contributed by atoms with Crippen molar-refractivity contribution in [3.8, 4) is 0 Å². The van der Waals surface area contributed by atoms with Crippen LogP contribution in [0.2, 0.25) is 6.32 Å². The quantitative estimate of drug-likeness (QED) is 0.601. The number of rotatable bonds is 7. The van der Waals surface area contributed by atoms with Crippen molar-refractivity contribution in [2.24, 2.45) is 0 Å². The maximum absolute atomic E-state index is 12.4. The van der Waals surface area contributed by atoms with E-state index in [0.29, 0.717) is 12.7 Å². The van der Waals surface area contributed by atoms with E-state index < -0.39 is 0 Å². The highest BCUT2D eigenvalue weighted by molar-refractivity contribution is 6.08. The molecule has 25 heavy (non-hydrogen) atoms. The number of aromatic amines is 1. The number of H-pyrrole nitrogens is 1. The molecule has 3 rings (SSSR count). The third-order valence-corrected chi connectivity index (χ3v) is 4.88. The Hall–Kier alpha value is -2.05. The first-order chi connectivity index (χ1) is 12.2. The molecule has 1 fully saturated rings. The molecule has 2 radical (unpaired) electrons. The summed E-state index contributed by atoms with van der Waals surface area (Å²) in [7, 11) is 5.51. The van der Waals surface area contributed by atoms with E-state index in [9.17, 15) is 4.79 Å². The zero-order valence-electron chi connectivity index (χ0n) is 14.9. The molecule has 1 atom stereocenters. The van der Waals surface area contributed by atoms with Gasteiger partial charge in [-0.25, -0.2) is 9.97 Å². The lowest BCUT2D eigenvalue weighted by Gasteiger charge is -2.33. The molecule has 3 heterocycles. The zero-order valence-corrected chi connectivity index (χ0v) is 14.9.